The van der Waals surface area contributed by atoms with Crippen molar-refractivity contribution in [3.8, 4) is 0 Å². The lowest BCUT2D eigenvalue weighted by atomic mass is 10.1. The van der Waals surface area contributed by atoms with Gasteiger partial charge in [-0.3, -0.25) is 9.59 Å². The van der Waals surface area contributed by atoms with Crippen LogP contribution in [0.5, 0.6) is 0 Å². The van der Waals surface area contributed by atoms with Gasteiger partial charge in [0.1, 0.15) is 17.5 Å². The summed E-state index contributed by atoms with van der Waals surface area (Å²) in [6.45, 7) is 0. The van der Waals surface area contributed by atoms with E-state index in [1.165, 1.54) is 7.11 Å². The number of rotatable bonds is 2. The number of amides is 1. The van der Waals surface area contributed by atoms with Gasteiger partial charge in [0.05, 0.1) is 19.2 Å². The zero-order valence-corrected chi connectivity index (χ0v) is 9.42. The van der Waals surface area contributed by atoms with E-state index in [0.717, 1.165) is 6.07 Å². The summed E-state index contributed by atoms with van der Waals surface area (Å²) >= 11 is 0. The summed E-state index contributed by atoms with van der Waals surface area (Å²) < 4.78 is 30.8. The molecule has 2 N–H and O–H groups in total. The largest absolute Gasteiger partial charge is 0.469 e. The second kappa shape index (κ2) is 4.59. The van der Waals surface area contributed by atoms with Gasteiger partial charge in [-0.2, -0.15) is 0 Å². The van der Waals surface area contributed by atoms with Crippen LogP contribution >= 0.6 is 0 Å². The minimum atomic E-state index is -0.911. The summed E-state index contributed by atoms with van der Waals surface area (Å²) in [4.78, 5) is 22.7. The van der Waals surface area contributed by atoms with E-state index in [1.54, 1.807) is 0 Å². The van der Waals surface area contributed by atoms with Crippen LogP contribution in [-0.4, -0.2) is 25.0 Å². The molecule has 0 fully saturated rings. The number of carbonyl (C=O) groups is 2. The van der Waals surface area contributed by atoms with Crippen molar-refractivity contribution in [1.82, 2.24) is 0 Å². The second-order valence-corrected chi connectivity index (χ2v) is 3.78. The van der Waals surface area contributed by atoms with Crippen LogP contribution in [0.15, 0.2) is 12.1 Å². The summed E-state index contributed by atoms with van der Waals surface area (Å²) in [7, 11) is 1.19. The SMILES string of the molecule is COC(=O)CC1Nc2cc(F)cc(F)c2NC1=O. The Labute approximate surface area is 101 Å². The lowest BCUT2D eigenvalue weighted by Gasteiger charge is -2.26. The highest BCUT2D eigenvalue weighted by atomic mass is 19.1. The minimum absolute atomic E-state index is 0.0982. The van der Waals surface area contributed by atoms with Crippen LogP contribution in [0.4, 0.5) is 20.2 Å². The molecule has 1 atom stereocenters. The maximum atomic E-state index is 13.4. The number of hydrogen-bond donors (Lipinski definition) is 2. The van der Waals surface area contributed by atoms with Crippen LogP contribution in [0.1, 0.15) is 6.42 Å². The molecule has 1 aromatic carbocycles. The van der Waals surface area contributed by atoms with Crippen LogP contribution in [0, 0.1) is 11.6 Å². The lowest BCUT2D eigenvalue weighted by Crippen LogP contribution is -2.40. The number of nitrogens with one attached hydrogen (secondary N) is 2. The van der Waals surface area contributed by atoms with Crippen molar-refractivity contribution in [2.75, 3.05) is 17.7 Å². The van der Waals surface area contributed by atoms with Gasteiger partial charge in [-0.05, 0) is 6.07 Å². The fourth-order valence-corrected chi connectivity index (χ4v) is 1.67. The van der Waals surface area contributed by atoms with E-state index in [-0.39, 0.29) is 17.8 Å². The van der Waals surface area contributed by atoms with E-state index in [4.69, 9.17) is 0 Å². The zero-order valence-electron chi connectivity index (χ0n) is 9.42. The molecule has 0 saturated carbocycles. The first-order valence-corrected chi connectivity index (χ1v) is 5.14. The average molecular weight is 256 g/mol. The molecule has 0 spiro atoms. The molecule has 0 radical (unpaired) electrons. The molecule has 7 heteroatoms. The molecule has 1 aliphatic heterocycles. The van der Waals surface area contributed by atoms with Gasteiger partial charge < -0.3 is 15.4 Å². The predicted molar refractivity (Wildman–Crippen MR) is 59.0 cm³/mol. The quantitative estimate of drug-likeness (QED) is 0.782. The number of carbonyl (C=O) groups excluding carboxylic acids is 2. The van der Waals surface area contributed by atoms with Crippen LogP contribution in [0.3, 0.4) is 0 Å². The number of ether oxygens (including phenoxy) is 1. The van der Waals surface area contributed by atoms with E-state index in [0.29, 0.717) is 6.07 Å². The number of halogens is 2. The Hall–Kier alpha value is -2.18. The Morgan fingerprint density at radius 2 is 2.17 bits per heavy atom. The highest BCUT2D eigenvalue weighted by Gasteiger charge is 2.29. The highest BCUT2D eigenvalue weighted by molar-refractivity contribution is 6.04. The summed E-state index contributed by atoms with van der Waals surface area (Å²) in [5.41, 5.74) is -0.0245. The summed E-state index contributed by atoms with van der Waals surface area (Å²) in [6, 6.07) is 0.801. The van der Waals surface area contributed by atoms with E-state index in [1.807, 2.05) is 0 Å². The molecule has 2 rings (SSSR count). The smallest absolute Gasteiger partial charge is 0.308 e. The Kier molecular flexibility index (Phi) is 3.14. The maximum Gasteiger partial charge on any atom is 0.308 e. The molecule has 5 nitrogen and oxygen atoms in total. The Bertz CT molecular complexity index is 519. The molecule has 0 bridgehead atoms. The molecule has 1 aromatic rings. The number of benzene rings is 1. The van der Waals surface area contributed by atoms with Crippen LogP contribution < -0.4 is 10.6 Å². The molecule has 0 saturated heterocycles. The molecule has 1 aliphatic rings. The van der Waals surface area contributed by atoms with Gasteiger partial charge in [0.15, 0.2) is 5.82 Å². The first-order valence-electron chi connectivity index (χ1n) is 5.14. The van der Waals surface area contributed by atoms with Gasteiger partial charge in [0.25, 0.3) is 0 Å². The molecule has 18 heavy (non-hydrogen) atoms. The molecular formula is C11H10F2N2O3. The first kappa shape index (κ1) is 12.3. The number of methoxy groups -OCH3 is 1. The molecule has 96 valence electrons. The minimum Gasteiger partial charge on any atom is -0.469 e. The number of anilines is 2. The zero-order chi connectivity index (χ0) is 13.3. The number of fused-ring (bicyclic) bond motifs is 1. The lowest BCUT2D eigenvalue weighted by molar-refractivity contribution is -0.142. The van der Waals surface area contributed by atoms with Gasteiger partial charge in [-0.15, -0.1) is 0 Å². The highest BCUT2D eigenvalue weighted by Crippen LogP contribution is 2.31. The Morgan fingerprint density at radius 3 is 2.83 bits per heavy atom. The number of esters is 1. The number of hydrogen-bond acceptors (Lipinski definition) is 4. The third-order valence-corrected chi connectivity index (χ3v) is 2.55. The van der Waals surface area contributed by atoms with Gasteiger partial charge in [-0.25, -0.2) is 8.78 Å². The third-order valence-electron chi connectivity index (χ3n) is 2.55. The van der Waals surface area contributed by atoms with Crippen molar-refractivity contribution >= 4 is 23.3 Å². The normalized spacial score (nSPS) is 17.5. The molecule has 1 amide bonds. The van der Waals surface area contributed by atoms with E-state index in [2.05, 4.69) is 15.4 Å². The first-order chi connectivity index (χ1) is 8.51. The van der Waals surface area contributed by atoms with Gasteiger partial charge in [0.2, 0.25) is 5.91 Å². The standard InChI is InChI=1S/C11H10F2N2O3/c1-18-9(16)4-8-11(17)15-10-6(13)2-5(12)3-7(10)14-8/h2-3,8,14H,4H2,1H3,(H,15,17). The van der Waals surface area contributed by atoms with Crippen molar-refractivity contribution in [2.45, 2.75) is 12.5 Å². The summed E-state index contributed by atoms with van der Waals surface area (Å²) in [5, 5.41) is 4.88. The maximum absolute atomic E-state index is 13.4. The van der Waals surface area contributed by atoms with E-state index < -0.39 is 29.6 Å². The molecule has 1 unspecified atom stereocenters. The predicted octanol–water partition coefficient (Wildman–Crippen LogP) is 1.26. The monoisotopic (exact) mass is 256 g/mol. The summed E-state index contributed by atoms with van der Waals surface area (Å²) in [6.07, 6.45) is -0.222. The van der Waals surface area contributed by atoms with E-state index >= 15 is 0 Å². The van der Waals surface area contributed by atoms with Crippen molar-refractivity contribution < 1.29 is 23.1 Å². The molecular weight excluding hydrogens is 246 g/mol. The van der Waals surface area contributed by atoms with Crippen molar-refractivity contribution in [3.05, 3.63) is 23.8 Å². The third kappa shape index (κ3) is 2.24. The van der Waals surface area contributed by atoms with Crippen molar-refractivity contribution in [3.63, 3.8) is 0 Å². The van der Waals surface area contributed by atoms with Crippen molar-refractivity contribution in [1.29, 1.82) is 0 Å². The summed E-state index contributed by atoms with van der Waals surface area (Å²) in [5.74, 6) is -2.81. The van der Waals surface area contributed by atoms with Crippen LogP contribution in [0.2, 0.25) is 0 Å². The van der Waals surface area contributed by atoms with Crippen LogP contribution in [0.25, 0.3) is 0 Å². The fraction of sp³-hybridized carbons (Fsp3) is 0.273. The van der Waals surface area contributed by atoms with Crippen molar-refractivity contribution in [2.24, 2.45) is 0 Å². The topological polar surface area (TPSA) is 67.4 Å². The molecule has 0 aliphatic carbocycles. The van der Waals surface area contributed by atoms with Gasteiger partial charge in [-0.1, -0.05) is 0 Å². The van der Waals surface area contributed by atoms with Gasteiger partial charge >= 0.3 is 5.97 Å². The molecule has 1 heterocycles. The Balaban J connectivity index is 2.27. The second-order valence-electron chi connectivity index (χ2n) is 3.78. The average Bonchev–Trinajstić information content (AvgIpc) is 2.31. The fourth-order valence-electron chi connectivity index (χ4n) is 1.67. The molecule has 0 aromatic heterocycles. The van der Waals surface area contributed by atoms with Crippen LogP contribution in [-0.2, 0) is 14.3 Å². The van der Waals surface area contributed by atoms with E-state index in [9.17, 15) is 18.4 Å². The Morgan fingerprint density at radius 1 is 1.44 bits per heavy atom. The van der Waals surface area contributed by atoms with Gasteiger partial charge in [0, 0.05) is 6.07 Å².